The van der Waals surface area contributed by atoms with Crippen LogP contribution in [0.4, 0.5) is 0 Å². The molecule has 0 aromatic carbocycles. The number of carbonyl (C=O) groups is 1. The van der Waals surface area contributed by atoms with Crippen LogP contribution in [0.2, 0.25) is 0 Å². The van der Waals surface area contributed by atoms with E-state index in [9.17, 15) is 13.2 Å². The number of rotatable bonds is 5. The standard InChI is InChI=1S/C12H19N3O3S3/c1-2-21(17,18)11-8-19-6-5-15(11)7-9-3-4-10(20-9)12(16)14-13/h3-4,11H,2,5-8,13H2,1H3,(H,14,16). The zero-order chi connectivity index (χ0) is 15.5. The molecule has 1 aromatic heterocycles. The summed E-state index contributed by atoms with van der Waals surface area (Å²) in [7, 11) is -3.09. The highest BCUT2D eigenvalue weighted by atomic mass is 32.2. The van der Waals surface area contributed by atoms with Crippen molar-refractivity contribution in [3.63, 3.8) is 0 Å². The van der Waals surface area contributed by atoms with Crippen LogP contribution in [0.5, 0.6) is 0 Å². The summed E-state index contributed by atoms with van der Waals surface area (Å²) in [6, 6.07) is 3.57. The molecular formula is C12H19N3O3S3. The maximum atomic E-state index is 12.2. The number of nitrogens with one attached hydrogen (secondary N) is 1. The molecule has 1 unspecified atom stereocenters. The first kappa shape index (κ1) is 16.8. The number of nitrogens with two attached hydrogens (primary N) is 1. The highest BCUT2D eigenvalue weighted by Crippen LogP contribution is 2.25. The number of hydrogen-bond donors (Lipinski definition) is 2. The van der Waals surface area contributed by atoms with Crippen molar-refractivity contribution in [2.45, 2.75) is 18.8 Å². The Morgan fingerprint density at radius 2 is 2.29 bits per heavy atom. The lowest BCUT2D eigenvalue weighted by Crippen LogP contribution is -2.47. The van der Waals surface area contributed by atoms with Crippen molar-refractivity contribution < 1.29 is 13.2 Å². The quantitative estimate of drug-likeness (QED) is 0.461. The molecule has 2 rings (SSSR count). The molecule has 1 saturated heterocycles. The monoisotopic (exact) mass is 349 g/mol. The maximum Gasteiger partial charge on any atom is 0.275 e. The minimum absolute atomic E-state index is 0.153. The van der Waals surface area contributed by atoms with E-state index in [0.717, 1.165) is 17.2 Å². The molecular weight excluding hydrogens is 330 g/mol. The fraction of sp³-hybridized carbons (Fsp3) is 0.583. The van der Waals surface area contributed by atoms with Crippen molar-refractivity contribution >= 4 is 38.8 Å². The second kappa shape index (κ2) is 7.10. The normalized spacial score (nSPS) is 20.4. The molecule has 0 saturated carbocycles. The number of thiophene rings is 1. The van der Waals surface area contributed by atoms with E-state index in [2.05, 4.69) is 5.43 Å². The molecule has 0 spiro atoms. The summed E-state index contributed by atoms with van der Waals surface area (Å²) in [6.45, 7) is 2.97. The van der Waals surface area contributed by atoms with E-state index in [-0.39, 0.29) is 11.7 Å². The number of nitrogen functional groups attached to an aromatic ring is 1. The Morgan fingerprint density at radius 3 is 2.95 bits per heavy atom. The van der Waals surface area contributed by atoms with Gasteiger partial charge in [-0.25, -0.2) is 14.3 Å². The Labute approximate surface area is 133 Å². The third kappa shape index (κ3) is 3.98. The molecule has 1 aliphatic rings. The van der Waals surface area contributed by atoms with Gasteiger partial charge < -0.3 is 0 Å². The van der Waals surface area contributed by atoms with Gasteiger partial charge in [-0.15, -0.1) is 11.3 Å². The van der Waals surface area contributed by atoms with Gasteiger partial charge in [-0.1, -0.05) is 6.92 Å². The summed E-state index contributed by atoms with van der Waals surface area (Å²) in [5, 5.41) is -0.435. The Kier molecular flexibility index (Phi) is 5.67. The fourth-order valence-corrected chi connectivity index (χ4v) is 6.19. The molecule has 3 N–H and O–H groups in total. The molecule has 1 aromatic rings. The highest BCUT2D eigenvalue weighted by molar-refractivity contribution is 8.01. The minimum atomic E-state index is -3.09. The predicted octanol–water partition coefficient (Wildman–Crippen LogP) is 0.661. The summed E-state index contributed by atoms with van der Waals surface area (Å²) in [5.41, 5.74) is 2.10. The van der Waals surface area contributed by atoms with Crippen LogP contribution < -0.4 is 11.3 Å². The third-order valence-corrected chi connectivity index (χ3v) is 7.78. The summed E-state index contributed by atoms with van der Waals surface area (Å²) < 4.78 is 24.4. The second-order valence-corrected chi connectivity index (χ2v) is 9.46. The first-order valence-corrected chi connectivity index (χ1v) is 10.3. The molecule has 21 heavy (non-hydrogen) atoms. The van der Waals surface area contributed by atoms with E-state index in [4.69, 9.17) is 5.84 Å². The molecule has 118 valence electrons. The van der Waals surface area contributed by atoms with Gasteiger partial charge in [-0.3, -0.25) is 15.1 Å². The number of thioether (sulfide) groups is 1. The largest absolute Gasteiger partial charge is 0.289 e. The first-order chi connectivity index (χ1) is 9.97. The van der Waals surface area contributed by atoms with Crippen LogP contribution in [-0.2, 0) is 16.4 Å². The van der Waals surface area contributed by atoms with E-state index in [0.29, 0.717) is 17.2 Å². The van der Waals surface area contributed by atoms with Gasteiger partial charge in [0.15, 0.2) is 9.84 Å². The summed E-state index contributed by atoms with van der Waals surface area (Å²) in [5.74, 6) is 6.48. The Bertz CT molecular complexity index is 600. The number of hydrogen-bond acceptors (Lipinski definition) is 7. The zero-order valence-corrected chi connectivity index (χ0v) is 14.2. The van der Waals surface area contributed by atoms with Gasteiger partial charge in [-0.05, 0) is 12.1 Å². The van der Waals surface area contributed by atoms with Crippen molar-refractivity contribution in [1.29, 1.82) is 0 Å². The SMILES string of the molecule is CCS(=O)(=O)C1CSCCN1Cc1ccc(C(=O)NN)s1. The number of amides is 1. The summed E-state index contributed by atoms with van der Waals surface area (Å²) >= 11 is 3.02. The van der Waals surface area contributed by atoms with E-state index < -0.39 is 15.2 Å². The lowest BCUT2D eigenvalue weighted by Gasteiger charge is -2.34. The van der Waals surface area contributed by atoms with E-state index in [1.807, 2.05) is 11.0 Å². The van der Waals surface area contributed by atoms with Crippen LogP contribution in [0, 0.1) is 0 Å². The van der Waals surface area contributed by atoms with Crippen molar-refractivity contribution in [3.8, 4) is 0 Å². The van der Waals surface area contributed by atoms with E-state index >= 15 is 0 Å². The second-order valence-electron chi connectivity index (χ2n) is 4.69. The minimum Gasteiger partial charge on any atom is -0.289 e. The molecule has 6 nitrogen and oxygen atoms in total. The highest BCUT2D eigenvalue weighted by Gasteiger charge is 2.32. The topological polar surface area (TPSA) is 92.5 Å². The van der Waals surface area contributed by atoms with E-state index in [1.165, 1.54) is 11.3 Å². The van der Waals surface area contributed by atoms with E-state index in [1.54, 1.807) is 24.8 Å². The van der Waals surface area contributed by atoms with Crippen molar-refractivity contribution in [1.82, 2.24) is 10.3 Å². The molecule has 1 amide bonds. The average molecular weight is 350 g/mol. The first-order valence-electron chi connectivity index (χ1n) is 6.61. The Hall–Kier alpha value is -0.610. The predicted molar refractivity (Wildman–Crippen MR) is 87.0 cm³/mol. The van der Waals surface area contributed by atoms with Crippen molar-refractivity contribution in [2.24, 2.45) is 5.84 Å². The van der Waals surface area contributed by atoms with Crippen LogP contribution in [0.3, 0.4) is 0 Å². The van der Waals surface area contributed by atoms with Crippen LogP contribution >= 0.6 is 23.1 Å². The van der Waals surface area contributed by atoms with Gasteiger partial charge in [-0.2, -0.15) is 11.8 Å². The molecule has 1 aliphatic heterocycles. The Morgan fingerprint density at radius 1 is 1.52 bits per heavy atom. The van der Waals surface area contributed by atoms with Gasteiger partial charge in [0.1, 0.15) is 5.37 Å². The molecule has 0 radical (unpaired) electrons. The lowest BCUT2D eigenvalue weighted by atomic mass is 10.3. The Balaban J connectivity index is 2.12. The van der Waals surface area contributed by atoms with Crippen LogP contribution in [0.15, 0.2) is 12.1 Å². The van der Waals surface area contributed by atoms with Gasteiger partial charge in [0, 0.05) is 35.2 Å². The zero-order valence-electron chi connectivity index (χ0n) is 11.7. The maximum absolute atomic E-state index is 12.2. The summed E-state index contributed by atoms with van der Waals surface area (Å²) in [6.07, 6.45) is 0. The van der Waals surface area contributed by atoms with Gasteiger partial charge in [0.2, 0.25) is 0 Å². The van der Waals surface area contributed by atoms with Crippen LogP contribution in [0.1, 0.15) is 21.5 Å². The molecule has 9 heteroatoms. The molecule has 2 heterocycles. The van der Waals surface area contributed by atoms with Crippen LogP contribution in [0.25, 0.3) is 0 Å². The molecule has 0 bridgehead atoms. The number of hydrazine groups is 1. The number of nitrogens with zero attached hydrogens (tertiary/aromatic N) is 1. The molecule has 0 aliphatic carbocycles. The van der Waals surface area contributed by atoms with Crippen LogP contribution in [-0.4, -0.2) is 48.4 Å². The smallest absolute Gasteiger partial charge is 0.275 e. The average Bonchev–Trinajstić information content (AvgIpc) is 2.95. The number of carbonyl (C=O) groups excluding carboxylic acids is 1. The third-order valence-electron chi connectivity index (χ3n) is 3.38. The van der Waals surface area contributed by atoms with Gasteiger partial charge in [0.05, 0.1) is 4.88 Å². The van der Waals surface area contributed by atoms with Gasteiger partial charge >= 0.3 is 0 Å². The van der Waals surface area contributed by atoms with Crippen molar-refractivity contribution in [3.05, 3.63) is 21.9 Å². The lowest BCUT2D eigenvalue weighted by molar-refractivity contribution is 0.0957. The number of sulfone groups is 1. The molecule has 1 fully saturated rings. The van der Waals surface area contributed by atoms with Gasteiger partial charge in [0.25, 0.3) is 5.91 Å². The fourth-order valence-electron chi connectivity index (χ4n) is 2.18. The summed E-state index contributed by atoms with van der Waals surface area (Å²) in [4.78, 5) is 14.9. The van der Waals surface area contributed by atoms with Crippen molar-refractivity contribution in [2.75, 3.05) is 23.8 Å². The molecule has 1 atom stereocenters.